The van der Waals surface area contributed by atoms with Gasteiger partial charge in [0.25, 0.3) is 0 Å². The van der Waals surface area contributed by atoms with Crippen LogP contribution in [0.4, 0.5) is 74.6 Å². The first-order valence-corrected chi connectivity index (χ1v) is 6.19. The van der Waals surface area contributed by atoms with E-state index in [1.54, 1.807) is 4.74 Å². The normalized spacial score (nSPS) is 17.5. The van der Waals surface area contributed by atoms with E-state index in [9.17, 15) is 79.4 Å². The number of alkyl halides is 17. The van der Waals surface area contributed by atoms with Gasteiger partial charge < -0.3 is 4.74 Å². The Morgan fingerprint density at radius 1 is 0.533 bits per heavy atom. The minimum Gasteiger partial charge on any atom is -0.465 e. The molecule has 0 aromatic carbocycles. The van der Waals surface area contributed by atoms with E-state index in [0.29, 0.717) is 0 Å². The number of ether oxygens (including phenoxy) is 2. The van der Waals surface area contributed by atoms with Crippen molar-refractivity contribution in [2.24, 2.45) is 0 Å². The van der Waals surface area contributed by atoms with Gasteiger partial charge in [0, 0.05) is 0 Å². The fraction of sp³-hybridized carbons (Fsp3) is 0.900. The van der Waals surface area contributed by atoms with Crippen LogP contribution in [0, 0.1) is 0 Å². The van der Waals surface area contributed by atoms with Crippen molar-refractivity contribution in [3.05, 3.63) is 0 Å². The monoisotopic (exact) mass is 494 g/mol. The summed E-state index contributed by atoms with van der Waals surface area (Å²) in [5, 5.41) is 0. The molecule has 0 saturated carbocycles. The minimum absolute atomic E-state index is 0.420. The summed E-state index contributed by atoms with van der Waals surface area (Å²) in [4.78, 5) is 10.8. The van der Waals surface area contributed by atoms with Crippen LogP contribution in [-0.4, -0.2) is 61.1 Å². The summed E-state index contributed by atoms with van der Waals surface area (Å²) in [6.45, 7) is 0. The van der Waals surface area contributed by atoms with Crippen LogP contribution in [0.5, 0.6) is 0 Å². The number of halogens is 17. The summed E-state index contributed by atoms with van der Waals surface area (Å²) < 4.78 is 220. The molecule has 0 aromatic rings. The van der Waals surface area contributed by atoms with E-state index in [0.717, 1.165) is 0 Å². The molecule has 0 aliphatic rings. The maximum Gasteiger partial charge on any atom is 0.462 e. The molecule has 180 valence electrons. The standard InChI is InChI=1S/C10H3F17O3/c1-29-2(28)3(11,30-10(26,27)7(18,19)9(23,24)25)4(12,13)5(14,15)6(16,17)8(20,21)22/h1H3. The summed E-state index contributed by atoms with van der Waals surface area (Å²) >= 11 is 0. The highest BCUT2D eigenvalue weighted by atomic mass is 19.4. The molecule has 0 radical (unpaired) electrons. The molecule has 0 rings (SSSR count). The lowest BCUT2D eigenvalue weighted by Gasteiger charge is -2.40. The number of esters is 1. The van der Waals surface area contributed by atoms with Gasteiger partial charge in [-0.15, -0.1) is 0 Å². The molecule has 0 fully saturated rings. The maximum absolute atomic E-state index is 14.0. The average molecular weight is 494 g/mol. The van der Waals surface area contributed by atoms with E-state index in [1.165, 1.54) is 0 Å². The second-order valence-electron chi connectivity index (χ2n) is 5.00. The van der Waals surface area contributed by atoms with Crippen molar-refractivity contribution in [2.75, 3.05) is 7.11 Å². The van der Waals surface area contributed by atoms with E-state index in [-0.39, 0.29) is 0 Å². The molecule has 0 N–H and O–H groups in total. The lowest BCUT2D eigenvalue weighted by molar-refractivity contribution is -0.488. The highest BCUT2D eigenvalue weighted by Gasteiger charge is 2.91. The summed E-state index contributed by atoms with van der Waals surface area (Å²) in [6, 6.07) is 0. The van der Waals surface area contributed by atoms with Crippen molar-refractivity contribution >= 4 is 5.97 Å². The third-order valence-corrected chi connectivity index (χ3v) is 2.99. The number of rotatable bonds is 7. The van der Waals surface area contributed by atoms with E-state index in [1.807, 2.05) is 0 Å². The third-order valence-electron chi connectivity index (χ3n) is 2.99. The Bertz CT molecular complexity index is 647. The highest BCUT2D eigenvalue weighted by Crippen LogP contribution is 2.59. The molecule has 3 nitrogen and oxygen atoms in total. The molecular weight excluding hydrogens is 491 g/mol. The first-order chi connectivity index (χ1) is 12.7. The van der Waals surface area contributed by atoms with E-state index >= 15 is 0 Å². The van der Waals surface area contributed by atoms with Gasteiger partial charge in [0.05, 0.1) is 7.11 Å². The quantitative estimate of drug-likeness (QED) is 0.365. The van der Waals surface area contributed by atoms with Gasteiger partial charge in [-0.3, -0.25) is 4.74 Å². The van der Waals surface area contributed by atoms with Crippen molar-refractivity contribution < 1.29 is 88.9 Å². The van der Waals surface area contributed by atoms with Gasteiger partial charge in [-0.05, 0) is 0 Å². The van der Waals surface area contributed by atoms with Gasteiger partial charge >= 0.3 is 54.0 Å². The molecule has 0 aromatic heterocycles. The Morgan fingerprint density at radius 3 is 1.13 bits per heavy atom. The zero-order valence-electron chi connectivity index (χ0n) is 13.2. The van der Waals surface area contributed by atoms with Gasteiger partial charge in [0.15, 0.2) is 0 Å². The van der Waals surface area contributed by atoms with E-state index in [4.69, 9.17) is 0 Å². The highest BCUT2D eigenvalue weighted by molar-refractivity contribution is 5.79. The second kappa shape index (κ2) is 7.14. The van der Waals surface area contributed by atoms with Gasteiger partial charge in [-0.1, -0.05) is 0 Å². The Hall–Kier alpha value is -1.76. The predicted octanol–water partition coefficient (Wildman–Crippen LogP) is 5.10. The van der Waals surface area contributed by atoms with Crippen molar-refractivity contribution in [1.82, 2.24) is 0 Å². The second-order valence-corrected chi connectivity index (χ2v) is 5.00. The fourth-order valence-electron chi connectivity index (χ4n) is 1.35. The molecule has 0 heterocycles. The lowest BCUT2D eigenvalue weighted by Crippen LogP contribution is -2.72. The molecule has 30 heavy (non-hydrogen) atoms. The van der Waals surface area contributed by atoms with Crippen LogP contribution in [0.1, 0.15) is 0 Å². The van der Waals surface area contributed by atoms with Crippen LogP contribution < -0.4 is 0 Å². The van der Waals surface area contributed by atoms with Gasteiger partial charge in [-0.2, -0.15) is 74.6 Å². The molecule has 0 spiro atoms. The first kappa shape index (κ1) is 28.2. The van der Waals surface area contributed by atoms with Crippen LogP contribution in [0.3, 0.4) is 0 Å². The zero-order chi connectivity index (χ0) is 25.0. The molecule has 0 bridgehead atoms. The van der Waals surface area contributed by atoms with Gasteiger partial charge in [0.1, 0.15) is 0 Å². The number of hydrogen-bond donors (Lipinski definition) is 0. The lowest BCUT2D eigenvalue weighted by atomic mass is 9.96. The van der Waals surface area contributed by atoms with Gasteiger partial charge in [-0.25, -0.2) is 4.79 Å². The maximum atomic E-state index is 14.0. The van der Waals surface area contributed by atoms with Crippen LogP contribution in [-0.2, 0) is 14.3 Å². The minimum atomic E-state index is -8.29. The molecule has 1 atom stereocenters. The summed E-state index contributed by atoms with van der Waals surface area (Å²) in [5.41, 5.74) is 0. The molecule has 0 saturated heterocycles. The molecule has 0 amide bonds. The SMILES string of the molecule is COC(=O)C(F)(OC(F)(F)C(F)(F)C(F)(F)F)C(F)(F)C(F)(F)C(F)(F)C(F)(F)F. The van der Waals surface area contributed by atoms with Crippen LogP contribution in [0.15, 0.2) is 0 Å². The van der Waals surface area contributed by atoms with Crippen LogP contribution >= 0.6 is 0 Å². The molecule has 20 heteroatoms. The number of methoxy groups -OCH3 is 1. The van der Waals surface area contributed by atoms with E-state index < -0.39 is 61.1 Å². The predicted molar refractivity (Wildman–Crippen MR) is 53.8 cm³/mol. The fourth-order valence-corrected chi connectivity index (χ4v) is 1.35. The number of hydrogen-bond acceptors (Lipinski definition) is 3. The Labute approximate surface area is 151 Å². The van der Waals surface area contributed by atoms with Crippen molar-refractivity contribution in [2.45, 2.75) is 48.0 Å². The van der Waals surface area contributed by atoms with Gasteiger partial charge in [0.2, 0.25) is 0 Å². The summed E-state index contributed by atoms with van der Waals surface area (Å²) in [7, 11) is -0.420. The zero-order valence-corrected chi connectivity index (χ0v) is 13.2. The molecular formula is C10H3F17O3. The Morgan fingerprint density at radius 2 is 0.867 bits per heavy atom. The van der Waals surface area contributed by atoms with Crippen molar-refractivity contribution in [3.63, 3.8) is 0 Å². The topological polar surface area (TPSA) is 35.5 Å². The Balaban J connectivity index is 6.84. The number of carbonyl (C=O) groups excluding carboxylic acids is 1. The van der Waals surface area contributed by atoms with Crippen molar-refractivity contribution in [1.29, 1.82) is 0 Å². The number of carbonyl (C=O) groups is 1. The first-order valence-electron chi connectivity index (χ1n) is 6.19. The average Bonchev–Trinajstić information content (AvgIpc) is 2.50. The molecule has 0 aliphatic carbocycles. The Kier molecular flexibility index (Phi) is 6.72. The largest absolute Gasteiger partial charge is 0.465 e. The van der Waals surface area contributed by atoms with Crippen LogP contribution in [0.2, 0.25) is 0 Å². The van der Waals surface area contributed by atoms with Crippen LogP contribution in [0.25, 0.3) is 0 Å². The van der Waals surface area contributed by atoms with Crippen molar-refractivity contribution in [3.8, 4) is 0 Å². The smallest absolute Gasteiger partial charge is 0.462 e. The van der Waals surface area contributed by atoms with E-state index in [2.05, 4.69) is 4.74 Å². The summed E-state index contributed by atoms with van der Waals surface area (Å²) in [5.74, 6) is -43.8. The molecule has 1 unspecified atom stereocenters. The summed E-state index contributed by atoms with van der Waals surface area (Å²) in [6.07, 6.45) is -23.0. The molecule has 0 aliphatic heterocycles. The third kappa shape index (κ3) is 3.81.